The third kappa shape index (κ3) is 2.94. The van der Waals surface area contributed by atoms with Gasteiger partial charge in [-0.2, -0.15) is 0 Å². The van der Waals surface area contributed by atoms with Gasteiger partial charge in [0.15, 0.2) is 0 Å². The molecule has 0 amide bonds. The van der Waals surface area contributed by atoms with Gasteiger partial charge in [0.2, 0.25) is 0 Å². The molecule has 2 unspecified atom stereocenters. The van der Waals surface area contributed by atoms with Crippen molar-refractivity contribution in [1.82, 2.24) is 4.90 Å². The molecule has 3 fully saturated rings. The Morgan fingerprint density at radius 3 is 2.61 bits per heavy atom. The van der Waals surface area contributed by atoms with Crippen molar-refractivity contribution in [3.05, 3.63) is 34.9 Å². The summed E-state index contributed by atoms with van der Waals surface area (Å²) < 4.78 is 6.18. The average Bonchev–Trinajstić information content (AvgIpc) is 3.33. The molecule has 0 aromatic heterocycles. The number of fused-ring (bicyclic) bond motifs is 2. The van der Waals surface area contributed by atoms with E-state index in [-0.39, 0.29) is 5.54 Å². The van der Waals surface area contributed by atoms with Crippen LogP contribution in [0.1, 0.15) is 50.5 Å². The van der Waals surface area contributed by atoms with Crippen LogP contribution >= 0.6 is 11.6 Å². The fourth-order valence-corrected chi connectivity index (χ4v) is 5.01. The van der Waals surface area contributed by atoms with E-state index in [0.29, 0.717) is 11.8 Å². The number of benzene rings is 1. The lowest BCUT2D eigenvalue weighted by Crippen LogP contribution is -2.55. The van der Waals surface area contributed by atoms with Gasteiger partial charge in [-0.3, -0.25) is 4.90 Å². The second-order valence-corrected chi connectivity index (χ2v) is 8.58. The molecule has 2 saturated heterocycles. The number of piperidine rings is 1. The van der Waals surface area contributed by atoms with Crippen LogP contribution in [0, 0.1) is 11.8 Å². The van der Waals surface area contributed by atoms with Crippen LogP contribution in [0.5, 0.6) is 0 Å². The van der Waals surface area contributed by atoms with Crippen molar-refractivity contribution in [2.24, 2.45) is 11.8 Å². The summed E-state index contributed by atoms with van der Waals surface area (Å²) in [5.41, 5.74) is 1.72. The minimum absolute atomic E-state index is 0.275. The summed E-state index contributed by atoms with van der Waals surface area (Å²) in [5.74, 6) is 2.01. The maximum Gasteiger partial charge on any atom is 0.0517 e. The van der Waals surface area contributed by atoms with E-state index in [1.807, 2.05) is 12.1 Å². The molecule has 3 aliphatic rings. The van der Waals surface area contributed by atoms with Crippen LogP contribution in [-0.2, 0) is 4.74 Å². The highest BCUT2D eigenvalue weighted by Gasteiger charge is 2.53. The quantitative estimate of drug-likeness (QED) is 0.772. The summed E-state index contributed by atoms with van der Waals surface area (Å²) in [5, 5.41) is 0.831. The average molecular weight is 334 g/mol. The van der Waals surface area contributed by atoms with Gasteiger partial charge < -0.3 is 4.74 Å². The molecule has 4 rings (SSSR count). The molecular weight excluding hydrogens is 306 g/mol. The van der Waals surface area contributed by atoms with Crippen LogP contribution in [0.15, 0.2) is 24.3 Å². The van der Waals surface area contributed by atoms with E-state index in [0.717, 1.165) is 30.2 Å². The van der Waals surface area contributed by atoms with Crippen LogP contribution in [-0.4, -0.2) is 36.7 Å². The highest BCUT2D eigenvalue weighted by Crippen LogP contribution is 2.52. The van der Waals surface area contributed by atoms with Crippen molar-refractivity contribution in [3.63, 3.8) is 0 Å². The van der Waals surface area contributed by atoms with E-state index in [1.54, 1.807) is 0 Å². The van der Waals surface area contributed by atoms with Crippen LogP contribution in [0.3, 0.4) is 0 Å². The fourth-order valence-electron chi connectivity index (χ4n) is 4.88. The highest BCUT2D eigenvalue weighted by molar-refractivity contribution is 6.30. The summed E-state index contributed by atoms with van der Waals surface area (Å²) in [6, 6.07) is 9.27. The zero-order valence-corrected chi connectivity index (χ0v) is 15.1. The predicted octanol–water partition coefficient (Wildman–Crippen LogP) is 4.72. The third-order valence-electron chi connectivity index (χ3n) is 6.79. The van der Waals surface area contributed by atoms with E-state index in [1.165, 1.54) is 37.7 Å². The summed E-state index contributed by atoms with van der Waals surface area (Å²) in [6.07, 6.45) is 6.62. The summed E-state index contributed by atoms with van der Waals surface area (Å²) in [6.45, 7) is 4.32. The predicted molar refractivity (Wildman–Crippen MR) is 95.0 cm³/mol. The van der Waals surface area contributed by atoms with Gasteiger partial charge in [-0.05, 0) is 75.6 Å². The standard InChI is InChI=1S/C20H28ClNO/c1-20-10-9-17(22(20)2)11-18(15-5-7-16(21)8-6-15)19(20)13-23-12-14-3-4-14/h5-8,14,17-19H,3-4,9-13H2,1-2H3/t17-,18?,19?,20+/m0/s1. The Morgan fingerprint density at radius 1 is 1.17 bits per heavy atom. The molecule has 23 heavy (non-hydrogen) atoms. The molecular formula is C20H28ClNO. The SMILES string of the molecule is CN1[C@H]2CC[C@]1(C)C(COCC1CC1)C(c1ccc(Cl)cc1)C2. The van der Waals surface area contributed by atoms with Gasteiger partial charge in [0.25, 0.3) is 0 Å². The number of nitrogens with zero attached hydrogens (tertiary/aromatic N) is 1. The highest BCUT2D eigenvalue weighted by atomic mass is 35.5. The van der Waals surface area contributed by atoms with E-state index < -0.39 is 0 Å². The van der Waals surface area contributed by atoms with Crippen molar-refractivity contribution >= 4 is 11.6 Å². The first-order chi connectivity index (χ1) is 11.1. The second-order valence-electron chi connectivity index (χ2n) is 8.14. The van der Waals surface area contributed by atoms with Crippen LogP contribution in [0.2, 0.25) is 5.02 Å². The van der Waals surface area contributed by atoms with Crippen molar-refractivity contribution in [2.75, 3.05) is 20.3 Å². The van der Waals surface area contributed by atoms with E-state index in [4.69, 9.17) is 16.3 Å². The van der Waals surface area contributed by atoms with Gasteiger partial charge in [0.1, 0.15) is 0 Å². The summed E-state index contributed by atoms with van der Waals surface area (Å²) in [4.78, 5) is 2.64. The zero-order valence-electron chi connectivity index (χ0n) is 14.3. The van der Waals surface area contributed by atoms with Crippen LogP contribution in [0.25, 0.3) is 0 Å². The Labute approximate surface area is 145 Å². The number of halogens is 1. The van der Waals surface area contributed by atoms with E-state index in [9.17, 15) is 0 Å². The maximum atomic E-state index is 6.18. The van der Waals surface area contributed by atoms with Crippen molar-refractivity contribution in [3.8, 4) is 0 Å². The molecule has 126 valence electrons. The van der Waals surface area contributed by atoms with Crippen molar-refractivity contribution in [1.29, 1.82) is 0 Å². The molecule has 1 aromatic carbocycles. The first kappa shape index (κ1) is 15.9. The lowest BCUT2D eigenvalue weighted by atomic mass is 9.70. The molecule has 2 heterocycles. The number of ether oxygens (including phenoxy) is 1. The largest absolute Gasteiger partial charge is 0.381 e. The second kappa shape index (κ2) is 6.06. The van der Waals surface area contributed by atoms with E-state index >= 15 is 0 Å². The van der Waals surface area contributed by atoms with Crippen molar-refractivity contribution < 1.29 is 4.74 Å². The Morgan fingerprint density at radius 2 is 1.91 bits per heavy atom. The van der Waals surface area contributed by atoms with Crippen LogP contribution < -0.4 is 0 Å². The smallest absolute Gasteiger partial charge is 0.0517 e. The summed E-state index contributed by atoms with van der Waals surface area (Å²) >= 11 is 6.10. The molecule has 1 aliphatic carbocycles. The molecule has 3 heteroatoms. The molecule has 1 aromatic rings. The third-order valence-corrected chi connectivity index (χ3v) is 7.05. The van der Waals surface area contributed by atoms with Gasteiger partial charge in [-0.15, -0.1) is 0 Å². The first-order valence-corrected chi connectivity index (χ1v) is 9.52. The minimum Gasteiger partial charge on any atom is -0.381 e. The Balaban J connectivity index is 1.57. The van der Waals surface area contributed by atoms with Crippen molar-refractivity contribution in [2.45, 2.75) is 56.5 Å². The molecule has 2 aliphatic heterocycles. The topological polar surface area (TPSA) is 12.5 Å². The minimum atomic E-state index is 0.275. The van der Waals surface area contributed by atoms with Crippen LogP contribution in [0.4, 0.5) is 0 Å². The zero-order chi connectivity index (χ0) is 16.0. The molecule has 1 saturated carbocycles. The number of hydrogen-bond acceptors (Lipinski definition) is 2. The Kier molecular flexibility index (Phi) is 4.19. The van der Waals surface area contributed by atoms with Gasteiger partial charge in [0, 0.05) is 29.1 Å². The monoisotopic (exact) mass is 333 g/mol. The van der Waals surface area contributed by atoms with Gasteiger partial charge in [0.05, 0.1) is 6.61 Å². The lowest BCUT2D eigenvalue weighted by Gasteiger charge is -2.50. The summed E-state index contributed by atoms with van der Waals surface area (Å²) in [7, 11) is 2.32. The van der Waals surface area contributed by atoms with Gasteiger partial charge in [-0.25, -0.2) is 0 Å². The fraction of sp³-hybridized carbons (Fsp3) is 0.700. The molecule has 0 N–H and O–H groups in total. The molecule has 0 radical (unpaired) electrons. The normalized spacial score (nSPS) is 37.3. The van der Waals surface area contributed by atoms with Gasteiger partial charge in [-0.1, -0.05) is 23.7 Å². The molecule has 2 nitrogen and oxygen atoms in total. The molecule has 2 bridgehead atoms. The lowest BCUT2D eigenvalue weighted by molar-refractivity contribution is -0.0302. The molecule has 0 spiro atoms. The number of rotatable bonds is 5. The maximum absolute atomic E-state index is 6.18. The Hall–Kier alpha value is -0.570. The number of hydrogen-bond donors (Lipinski definition) is 0. The molecule has 4 atom stereocenters. The van der Waals surface area contributed by atoms with E-state index in [2.05, 4.69) is 31.0 Å². The van der Waals surface area contributed by atoms with Gasteiger partial charge >= 0.3 is 0 Å². The Bertz CT molecular complexity index is 555. The first-order valence-electron chi connectivity index (χ1n) is 9.14.